The Morgan fingerprint density at radius 1 is 1.07 bits per heavy atom. The standard InChI is InChI=1S/C26H27ClN4O9S/c27-21-8-7-20(41-21)24(34)28-14-18-15-31(26(36)40-18)17-5-3-16(4-6-17)30-11-13-38-19(25(30)35)2-1-12-39-23(33)10-9-22(32)29-37/h3-8,18-19H,1-2,9-15H2,(H,28,34)/t18-,19?/m0/s1. The number of nitrogens with zero attached hydrogens (tertiary/aromatic N) is 3. The normalized spacial score (nSPS) is 18.7. The van der Waals surface area contributed by atoms with Crippen molar-refractivity contribution >= 4 is 64.1 Å². The number of ether oxygens (including phenoxy) is 3. The van der Waals surface area contributed by atoms with Crippen molar-refractivity contribution in [1.82, 2.24) is 5.32 Å². The first-order valence-corrected chi connectivity index (χ1v) is 14.0. The summed E-state index contributed by atoms with van der Waals surface area (Å²) >= 11 is 7.03. The number of thiophene rings is 1. The van der Waals surface area contributed by atoms with E-state index in [1.807, 2.05) is 0 Å². The number of hydrogen-bond acceptors (Lipinski definition) is 10. The van der Waals surface area contributed by atoms with Crippen LogP contribution in [0.5, 0.6) is 0 Å². The van der Waals surface area contributed by atoms with Gasteiger partial charge in [0.2, 0.25) is 0 Å². The topological polar surface area (TPSA) is 161 Å². The lowest BCUT2D eigenvalue weighted by Gasteiger charge is -2.32. The predicted octanol–water partition coefficient (Wildman–Crippen LogP) is 3.29. The highest BCUT2D eigenvalue weighted by atomic mass is 35.5. The number of nitrogens with one attached hydrogen (secondary N) is 1. The van der Waals surface area contributed by atoms with Crippen molar-refractivity contribution in [2.75, 3.05) is 42.6 Å². The zero-order valence-corrected chi connectivity index (χ0v) is 23.4. The molecule has 0 aliphatic carbocycles. The van der Waals surface area contributed by atoms with Crippen molar-refractivity contribution in [2.45, 2.75) is 37.9 Å². The van der Waals surface area contributed by atoms with Gasteiger partial charge in [-0.2, -0.15) is 0 Å². The number of halogens is 1. The molecule has 2 aromatic rings. The van der Waals surface area contributed by atoms with Gasteiger partial charge in [-0.3, -0.25) is 24.1 Å². The molecular weight excluding hydrogens is 580 g/mol. The lowest BCUT2D eigenvalue weighted by Crippen LogP contribution is -2.48. The van der Waals surface area contributed by atoms with E-state index in [2.05, 4.69) is 10.5 Å². The van der Waals surface area contributed by atoms with Crippen molar-refractivity contribution in [1.29, 1.82) is 0 Å². The molecule has 1 aromatic heterocycles. The zero-order valence-electron chi connectivity index (χ0n) is 21.8. The Kier molecular flexibility index (Phi) is 10.4. The fourth-order valence-electron chi connectivity index (χ4n) is 4.27. The van der Waals surface area contributed by atoms with E-state index in [9.17, 15) is 28.9 Å². The molecule has 4 rings (SSSR count). The molecule has 0 spiro atoms. The largest absolute Gasteiger partial charge is 0.466 e. The summed E-state index contributed by atoms with van der Waals surface area (Å²) in [5.74, 6) is -2.07. The monoisotopic (exact) mass is 606 g/mol. The average Bonchev–Trinajstić information content (AvgIpc) is 3.58. The number of rotatable bonds is 12. The number of esters is 1. The fourth-order valence-corrected chi connectivity index (χ4v) is 5.23. The maximum atomic E-state index is 13.0. The highest BCUT2D eigenvalue weighted by Crippen LogP contribution is 2.27. The van der Waals surface area contributed by atoms with Gasteiger partial charge in [-0.15, -0.1) is 16.2 Å². The Morgan fingerprint density at radius 3 is 2.49 bits per heavy atom. The summed E-state index contributed by atoms with van der Waals surface area (Å²) in [5.41, 5.74) is 1.22. The predicted molar refractivity (Wildman–Crippen MR) is 148 cm³/mol. The molecule has 41 heavy (non-hydrogen) atoms. The molecule has 13 nitrogen and oxygen atoms in total. The van der Waals surface area contributed by atoms with Gasteiger partial charge in [0.1, 0.15) is 12.2 Å². The van der Waals surface area contributed by atoms with E-state index in [-0.39, 0.29) is 44.4 Å². The van der Waals surface area contributed by atoms with Crippen LogP contribution >= 0.6 is 22.9 Å². The van der Waals surface area contributed by atoms with E-state index in [4.69, 9.17) is 25.8 Å². The van der Waals surface area contributed by atoms with Gasteiger partial charge in [0.15, 0.2) is 0 Å². The maximum absolute atomic E-state index is 13.0. The summed E-state index contributed by atoms with van der Waals surface area (Å²) in [6.07, 6.45) is -1.61. The van der Waals surface area contributed by atoms with Gasteiger partial charge in [0.05, 0.1) is 41.9 Å². The second-order valence-corrected chi connectivity index (χ2v) is 10.9. The SMILES string of the molecule is O=NC(=O)CCC(=O)OCCCC1OCCN(c2ccc(N3C[C@H](CNC(=O)c4ccc(Cl)s4)OC3=O)cc2)C1=O. The molecule has 3 heterocycles. The van der Waals surface area contributed by atoms with Crippen molar-refractivity contribution < 1.29 is 38.2 Å². The zero-order chi connectivity index (χ0) is 29.4. The van der Waals surface area contributed by atoms with Crippen LogP contribution in [-0.2, 0) is 28.6 Å². The molecule has 1 N–H and O–H groups in total. The number of amides is 4. The van der Waals surface area contributed by atoms with Crippen LogP contribution in [0.2, 0.25) is 4.34 Å². The first-order chi connectivity index (χ1) is 19.7. The fraction of sp³-hybridized carbons (Fsp3) is 0.423. The van der Waals surface area contributed by atoms with Crippen LogP contribution in [0.1, 0.15) is 35.4 Å². The van der Waals surface area contributed by atoms with Gasteiger partial charge < -0.3 is 24.4 Å². The van der Waals surface area contributed by atoms with Crippen molar-refractivity contribution in [3.05, 3.63) is 50.5 Å². The number of hydrogen-bond donors (Lipinski definition) is 1. The number of nitroso groups, excluding NO2 is 1. The Balaban J connectivity index is 1.24. The molecule has 2 aliphatic heterocycles. The summed E-state index contributed by atoms with van der Waals surface area (Å²) in [5, 5.41) is 4.96. The minimum absolute atomic E-state index is 0.0440. The molecule has 2 aliphatic rings. The van der Waals surface area contributed by atoms with Gasteiger partial charge >= 0.3 is 12.1 Å². The molecular formula is C26H27ClN4O9S. The van der Waals surface area contributed by atoms with Crippen LogP contribution in [0.15, 0.2) is 41.6 Å². The van der Waals surface area contributed by atoms with Crippen molar-refractivity contribution in [3.8, 4) is 0 Å². The summed E-state index contributed by atoms with van der Waals surface area (Å²) in [6, 6.07) is 10.2. The highest BCUT2D eigenvalue weighted by molar-refractivity contribution is 7.18. The third kappa shape index (κ3) is 8.08. The van der Waals surface area contributed by atoms with Gasteiger partial charge in [0.25, 0.3) is 17.7 Å². The van der Waals surface area contributed by atoms with E-state index in [0.717, 1.165) is 11.3 Å². The molecule has 2 saturated heterocycles. The molecule has 1 unspecified atom stereocenters. The molecule has 0 bridgehead atoms. The summed E-state index contributed by atoms with van der Waals surface area (Å²) in [6.45, 7) is 1.11. The molecule has 2 atom stereocenters. The van der Waals surface area contributed by atoms with Gasteiger partial charge in [-0.1, -0.05) is 11.6 Å². The second kappa shape index (κ2) is 14.1. The first kappa shape index (κ1) is 30.1. The van der Waals surface area contributed by atoms with Crippen LogP contribution in [0.3, 0.4) is 0 Å². The number of cyclic esters (lactones) is 1. The summed E-state index contributed by atoms with van der Waals surface area (Å²) in [4.78, 5) is 73.8. The Bertz CT molecular complexity index is 1300. The van der Waals surface area contributed by atoms with Crippen LogP contribution < -0.4 is 15.1 Å². The summed E-state index contributed by atoms with van der Waals surface area (Å²) < 4.78 is 16.5. The number of morpholine rings is 1. The molecule has 4 amide bonds. The van der Waals surface area contributed by atoms with E-state index in [1.54, 1.807) is 41.3 Å². The molecule has 0 radical (unpaired) electrons. The van der Waals surface area contributed by atoms with Crippen molar-refractivity contribution in [2.24, 2.45) is 5.18 Å². The number of carbonyl (C=O) groups excluding carboxylic acids is 5. The van der Waals surface area contributed by atoms with E-state index in [0.29, 0.717) is 46.6 Å². The van der Waals surface area contributed by atoms with Crippen molar-refractivity contribution in [3.63, 3.8) is 0 Å². The first-order valence-electron chi connectivity index (χ1n) is 12.8. The second-order valence-electron chi connectivity index (χ2n) is 9.14. The Hall–Kier alpha value is -3.88. The van der Waals surface area contributed by atoms with Crippen LogP contribution in [0.25, 0.3) is 0 Å². The lowest BCUT2D eigenvalue weighted by atomic mass is 10.1. The van der Waals surface area contributed by atoms with Crippen LogP contribution in [-0.4, -0.2) is 74.8 Å². The van der Waals surface area contributed by atoms with E-state index < -0.39 is 30.2 Å². The van der Waals surface area contributed by atoms with Gasteiger partial charge in [-0.05, 0) is 49.2 Å². The number of benzene rings is 1. The molecule has 15 heteroatoms. The van der Waals surface area contributed by atoms with E-state index in [1.165, 1.54) is 4.90 Å². The highest BCUT2D eigenvalue weighted by Gasteiger charge is 2.34. The Labute approximate surface area is 243 Å². The lowest BCUT2D eigenvalue weighted by molar-refractivity contribution is -0.145. The quantitative estimate of drug-likeness (QED) is 0.217. The van der Waals surface area contributed by atoms with Gasteiger partial charge in [-0.25, -0.2) is 4.79 Å². The minimum Gasteiger partial charge on any atom is -0.466 e. The smallest absolute Gasteiger partial charge is 0.414 e. The summed E-state index contributed by atoms with van der Waals surface area (Å²) in [7, 11) is 0. The molecule has 1 aromatic carbocycles. The van der Waals surface area contributed by atoms with Crippen LogP contribution in [0, 0.1) is 4.91 Å². The van der Waals surface area contributed by atoms with E-state index >= 15 is 0 Å². The maximum Gasteiger partial charge on any atom is 0.414 e. The third-order valence-corrected chi connectivity index (χ3v) is 7.56. The molecule has 0 saturated carbocycles. The molecule has 2 fully saturated rings. The van der Waals surface area contributed by atoms with Gasteiger partial charge in [0, 0.05) is 29.5 Å². The third-order valence-electron chi connectivity index (χ3n) is 6.33. The number of carbonyl (C=O) groups is 5. The van der Waals surface area contributed by atoms with Crippen LogP contribution in [0.4, 0.5) is 16.2 Å². The minimum atomic E-state index is -0.914. The number of anilines is 2. The molecule has 218 valence electrons. The Morgan fingerprint density at radius 2 is 1.80 bits per heavy atom. The average molecular weight is 607 g/mol.